The maximum atomic E-state index is 14.7. The molecule has 0 aliphatic carbocycles. The molecule has 2 atom stereocenters. The second-order valence-corrected chi connectivity index (χ2v) is 7.82. The molecule has 0 aromatic carbocycles. The number of nitrogens with one attached hydrogen (secondary N) is 2. The zero-order valence-electron chi connectivity index (χ0n) is 16.4. The molecule has 0 saturated carbocycles. The summed E-state index contributed by atoms with van der Waals surface area (Å²) >= 11 is 0. The van der Waals surface area contributed by atoms with Crippen LogP contribution in [0.4, 0.5) is 14.6 Å². The van der Waals surface area contributed by atoms with E-state index < -0.39 is 17.2 Å². The molecule has 154 valence electrons. The van der Waals surface area contributed by atoms with E-state index in [1.54, 1.807) is 11.8 Å². The molecule has 3 N–H and O–H groups in total. The molecule has 4 rings (SSSR count). The van der Waals surface area contributed by atoms with Crippen LogP contribution in [-0.4, -0.2) is 61.5 Å². The van der Waals surface area contributed by atoms with E-state index >= 15 is 0 Å². The number of fused-ring (bicyclic) bond motifs is 1. The quantitative estimate of drug-likeness (QED) is 0.611. The van der Waals surface area contributed by atoms with Gasteiger partial charge in [0.05, 0.1) is 22.7 Å². The van der Waals surface area contributed by atoms with E-state index in [0.717, 1.165) is 6.07 Å². The van der Waals surface area contributed by atoms with Gasteiger partial charge in [0.25, 0.3) is 0 Å². The van der Waals surface area contributed by atoms with E-state index in [0.29, 0.717) is 36.4 Å². The van der Waals surface area contributed by atoms with Gasteiger partial charge in [-0.2, -0.15) is 5.10 Å². The standard InChI is InChI=1S/C19H23F2N7O/c1-10(2)19(3,29)14-8-28(5-4-23-14)18-13(21)6-12(20)16(25-18)15-11-7-22-9-24-17(11)27-26-15/h6-7,9-10,14,23,29H,4-5,8H2,1-3H3,(H,22,24,26,27)/t14-,19-/m1/s1. The molecule has 0 bridgehead atoms. The van der Waals surface area contributed by atoms with Crippen LogP contribution in [-0.2, 0) is 0 Å². The van der Waals surface area contributed by atoms with Crippen LogP contribution in [0.1, 0.15) is 20.8 Å². The van der Waals surface area contributed by atoms with Crippen molar-refractivity contribution < 1.29 is 13.9 Å². The monoisotopic (exact) mass is 403 g/mol. The fraction of sp³-hybridized carbons (Fsp3) is 0.474. The fourth-order valence-corrected chi connectivity index (χ4v) is 3.53. The molecule has 0 unspecified atom stereocenters. The smallest absolute Gasteiger partial charge is 0.184 e. The van der Waals surface area contributed by atoms with E-state index in [1.165, 1.54) is 12.5 Å². The highest BCUT2D eigenvalue weighted by Crippen LogP contribution is 2.31. The Morgan fingerprint density at radius 3 is 2.86 bits per heavy atom. The molecule has 1 saturated heterocycles. The second-order valence-electron chi connectivity index (χ2n) is 7.82. The molecule has 10 heteroatoms. The van der Waals surface area contributed by atoms with E-state index in [1.807, 2.05) is 13.8 Å². The Morgan fingerprint density at radius 2 is 2.10 bits per heavy atom. The Balaban J connectivity index is 1.73. The topological polar surface area (TPSA) is 103 Å². The number of piperazine rings is 1. The van der Waals surface area contributed by atoms with Gasteiger partial charge in [-0.1, -0.05) is 13.8 Å². The normalized spacial score (nSPS) is 19.7. The number of aromatic nitrogens is 5. The van der Waals surface area contributed by atoms with Gasteiger partial charge in [-0.05, 0) is 12.8 Å². The number of nitrogens with zero attached hydrogens (tertiary/aromatic N) is 5. The summed E-state index contributed by atoms with van der Waals surface area (Å²) in [5.41, 5.74) is -0.378. The average molecular weight is 403 g/mol. The number of H-pyrrole nitrogens is 1. The molecule has 1 aliphatic rings. The van der Waals surface area contributed by atoms with Crippen LogP contribution in [0.3, 0.4) is 0 Å². The molecule has 0 amide bonds. The lowest BCUT2D eigenvalue weighted by molar-refractivity contribution is -0.0232. The summed E-state index contributed by atoms with van der Waals surface area (Å²) < 4.78 is 29.3. The molecule has 29 heavy (non-hydrogen) atoms. The zero-order valence-corrected chi connectivity index (χ0v) is 16.4. The molecular formula is C19H23F2N7O. The number of hydrogen-bond acceptors (Lipinski definition) is 7. The van der Waals surface area contributed by atoms with Crippen LogP contribution in [0.25, 0.3) is 22.4 Å². The van der Waals surface area contributed by atoms with Crippen molar-refractivity contribution in [2.24, 2.45) is 5.92 Å². The minimum absolute atomic E-state index is 0.00195. The first-order valence-corrected chi connectivity index (χ1v) is 9.50. The van der Waals surface area contributed by atoms with Crippen molar-refractivity contribution in [3.05, 3.63) is 30.2 Å². The summed E-state index contributed by atoms with van der Waals surface area (Å²) in [5, 5.41) is 21.4. The Kier molecular flexibility index (Phi) is 4.91. The van der Waals surface area contributed by atoms with E-state index in [4.69, 9.17) is 0 Å². The molecule has 3 aromatic heterocycles. The predicted molar refractivity (Wildman–Crippen MR) is 104 cm³/mol. The molecule has 1 aliphatic heterocycles. The van der Waals surface area contributed by atoms with Gasteiger partial charge in [0.2, 0.25) is 0 Å². The number of aromatic amines is 1. The van der Waals surface area contributed by atoms with E-state index in [9.17, 15) is 13.9 Å². The van der Waals surface area contributed by atoms with Crippen molar-refractivity contribution in [3.8, 4) is 11.4 Å². The fourth-order valence-electron chi connectivity index (χ4n) is 3.53. The molecular weight excluding hydrogens is 380 g/mol. The lowest BCUT2D eigenvalue weighted by Gasteiger charge is -2.43. The summed E-state index contributed by atoms with van der Waals surface area (Å²) in [4.78, 5) is 14.0. The van der Waals surface area contributed by atoms with Crippen LogP contribution < -0.4 is 10.2 Å². The summed E-state index contributed by atoms with van der Waals surface area (Å²) in [6.45, 7) is 6.99. The zero-order chi connectivity index (χ0) is 20.8. The van der Waals surface area contributed by atoms with Crippen LogP contribution in [0.15, 0.2) is 18.6 Å². The lowest BCUT2D eigenvalue weighted by atomic mass is 9.84. The van der Waals surface area contributed by atoms with Crippen molar-refractivity contribution in [1.82, 2.24) is 30.5 Å². The van der Waals surface area contributed by atoms with Crippen molar-refractivity contribution >= 4 is 16.9 Å². The van der Waals surface area contributed by atoms with Gasteiger partial charge in [0.1, 0.15) is 12.0 Å². The van der Waals surface area contributed by atoms with Crippen LogP contribution in [0, 0.1) is 17.6 Å². The number of pyridine rings is 1. The molecule has 8 nitrogen and oxygen atoms in total. The van der Waals surface area contributed by atoms with Gasteiger partial charge in [-0.25, -0.2) is 23.7 Å². The first-order valence-electron chi connectivity index (χ1n) is 9.50. The second kappa shape index (κ2) is 7.27. The Labute approximate surface area is 166 Å². The summed E-state index contributed by atoms with van der Waals surface area (Å²) in [5.74, 6) is -1.53. The summed E-state index contributed by atoms with van der Waals surface area (Å²) in [6, 6.07) is 0.540. The Hall–Kier alpha value is -2.72. The third-order valence-corrected chi connectivity index (χ3v) is 5.73. The highest BCUT2D eigenvalue weighted by molar-refractivity contribution is 5.89. The molecule has 0 radical (unpaired) electrons. The van der Waals surface area contributed by atoms with Crippen molar-refractivity contribution in [2.45, 2.75) is 32.4 Å². The average Bonchev–Trinajstić information content (AvgIpc) is 3.12. The van der Waals surface area contributed by atoms with Gasteiger partial charge in [-0.15, -0.1) is 0 Å². The minimum atomic E-state index is -0.991. The maximum absolute atomic E-state index is 14.7. The number of halogens is 2. The van der Waals surface area contributed by atoms with Crippen molar-refractivity contribution in [3.63, 3.8) is 0 Å². The lowest BCUT2D eigenvalue weighted by Crippen LogP contribution is -2.62. The number of aliphatic hydroxyl groups is 1. The van der Waals surface area contributed by atoms with Gasteiger partial charge >= 0.3 is 0 Å². The van der Waals surface area contributed by atoms with Crippen LogP contribution in [0.5, 0.6) is 0 Å². The first kappa shape index (κ1) is 19.6. The summed E-state index contributed by atoms with van der Waals surface area (Å²) in [7, 11) is 0. The minimum Gasteiger partial charge on any atom is -0.388 e. The third-order valence-electron chi connectivity index (χ3n) is 5.73. The van der Waals surface area contributed by atoms with Gasteiger partial charge < -0.3 is 15.3 Å². The van der Waals surface area contributed by atoms with Crippen LogP contribution in [0.2, 0.25) is 0 Å². The highest BCUT2D eigenvalue weighted by Gasteiger charge is 2.38. The van der Waals surface area contributed by atoms with Gasteiger partial charge in [0.15, 0.2) is 23.1 Å². The first-order chi connectivity index (χ1) is 13.8. The van der Waals surface area contributed by atoms with Crippen molar-refractivity contribution in [1.29, 1.82) is 0 Å². The molecule has 1 fully saturated rings. The summed E-state index contributed by atoms with van der Waals surface area (Å²) in [6.07, 6.45) is 2.85. The Bertz CT molecular complexity index is 1040. The number of rotatable bonds is 4. The predicted octanol–water partition coefficient (Wildman–Crippen LogP) is 1.88. The van der Waals surface area contributed by atoms with Gasteiger partial charge in [-0.3, -0.25) is 5.10 Å². The van der Waals surface area contributed by atoms with Crippen LogP contribution >= 0.6 is 0 Å². The number of hydrogen-bond donors (Lipinski definition) is 3. The van der Waals surface area contributed by atoms with E-state index in [2.05, 4.69) is 30.5 Å². The van der Waals surface area contributed by atoms with E-state index in [-0.39, 0.29) is 23.5 Å². The highest BCUT2D eigenvalue weighted by atomic mass is 19.1. The maximum Gasteiger partial charge on any atom is 0.184 e. The SMILES string of the molecule is CC(C)[C@@](C)(O)[C@H]1CN(c2nc(-c3[nH]nc4ncncc34)c(F)cc2F)CCN1. The molecule has 4 heterocycles. The third kappa shape index (κ3) is 3.42. The largest absolute Gasteiger partial charge is 0.388 e. The van der Waals surface area contributed by atoms with Crippen molar-refractivity contribution in [2.75, 3.05) is 24.5 Å². The molecule has 3 aromatic rings. The molecule has 0 spiro atoms. The number of anilines is 1. The Morgan fingerprint density at radius 1 is 1.31 bits per heavy atom. The van der Waals surface area contributed by atoms with Gasteiger partial charge in [0, 0.05) is 31.9 Å².